The zero-order valence-corrected chi connectivity index (χ0v) is 12.3. The second kappa shape index (κ2) is 5.50. The molecular formula is C12H11Cl2N5O2. The highest BCUT2D eigenvalue weighted by molar-refractivity contribution is 6.37. The zero-order chi connectivity index (χ0) is 15.0. The minimum atomic E-state index is -0.514. The van der Waals surface area contributed by atoms with E-state index in [2.05, 4.69) is 20.8 Å². The van der Waals surface area contributed by atoms with Gasteiger partial charge in [-0.2, -0.15) is 0 Å². The van der Waals surface area contributed by atoms with Crippen molar-refractivity contribution < 1.29 is 9.90 Å². The van der Waals surface area contributed by atoms with Crippen LogP contribution in [0, 0.1) is 0 Å². The van der Waals surface area contributed by atoms with E-state index in [1.165, 1.54) is 12.1 Å². The molecule has 0 atom stereocenters. The van der Waals surface area contributed by atoms with Gasteiger partial charge in [-0.1, -0.05) is 23.2 Å². The summed E-state index contributed by atoms with van der Waals surface area (Å²) in [5.74, 6) is -0.221. The summed E-state index contributed by atoms with van der Waals surface area (Å²) in [6.07, 6.45) is 2.07. The summed E-state index contributed by atoms with van der Waals surface area (Å²) >= 11 is 11.7. The number of hydrogen-bond donors (Lipinski definition) is 2. The monoisotopic (exact) mass is 327 g/mol. The van der Waals surface area contributed by atoms with E-state index in [9.17, 15) is 9.90 Å². The number of tetrazole rings is 1. The van der Waals surface area contributed by atoms with Crippen LogP contribution >= 0.6 is 23.2 Å². The normalized spacial score (nSPS) is 14.2. The van der Waals surface area contributed by atoms with E-state index < -0.39 is 5.91 Å². The number of hydrogen-bond acceptors (Lipinski definition) is 5. The molecule has 1 saturated carbocycles. The molecular weight excluding hydrogens is 317 g/mol. The van der Waals surface area contributed by atoms with Gasteiger partial charge >= 0.3 is 0 Å². The lowest BCUT2D eigenvalue weighted by Crippen LogP contribution is -2.25. The highest BCUT2D eigenvalue weighted by Crippen LogP contribution is 2.34. The average Bonchev–Trinajstić information content (AvgIpc) is 3.14. The fraction of sp³-hybridized carbons (Fsp3) is 0.333. The number of aromatic nitrogens is 4. The maximum Gasteiger partial charge on any atom is 0.256 e. The fourth-order valence-corrected chi connectivity index (χ4v) is 2.53. The first-order chi connectivity index (χ1) is 10.1. The lowest BCUT2D eigenvalue weighted by Gasteiger charge is -2.09. The van der Waals surface area contributed by atoms with Crippen molar-refractivity contribution in [3.05, 3.63) is 33.6 Å². The molecule has 1 aliphatic carbocycles. The highest BCUT2D eigenvalue weighted by Gasteiger charge is 2.28. The van der Waals surface area contributed by atoms with Crippen LogP contribution < -0.4 is 5.32 Å². The third-order valence-corrected chi connectivity index (χ3v) is 3.64. The molecule has 0 bridgehead atoms. The van der Waals surface area contributed by atoms with Gasteiger partial charge in [-0.3, -0.25) is 4.79 Å². The SMILES string of the molecule is O=C(NCc1nnnn1C1CC1)c1c(O)cc(Cl)cc1Cl. The number of carbonyl (C=O) groups is 1. The zero-order valence-electron chi connectivity index (χ0n) is 10.8. The van der Waals surface area contributed by atoms with Crippen LogP contribution in [0.4, 0.5) is 0 Å². The predicted molar refractivity (Wildman–Crippen MR) is 75.4 cm³/mol. The molecule has 0 aliphatic heterocycles. The minimum absolute atomic E-state index is 0.0217. The van der Waals surface area contributed by atoms with E-state index in [1.54, 1.807) is 4.68 Å². The van der Waals surface area contributed by atoms with Crippen molar-refractivity contribution >= 4 is 29.1 Å². The minimum Gasteiger partial charge on any atom is -0.507 e. The molecule has 1 fully saturated rings. The fourth-order valence-electron chi connectivity index (χ4n) is 1.96. The van der Waals surface area contributed by atoms with Crippen LogP contribution in [0.5, 0.6) is 5.75 Å². The van der Waals surface area contributed by atoms with Crippen LogP contribution in [0.25, 0.3) is 0 Å². The number of nitrogens with one attached hydrogen (secondary N) is 1. The number of aromatic hydroxyl groups is 1. The largest absolute Gasteiger partial charge is 0.507 e. The second-order valence-corrected chi connectivity index (χ2v) is 5.58. The molecule has 1 aromatic carbocycles. The van der Waals surface area contributed by atoms with Gasteiger partial charge in [0.1, 0.15) is 5.75 Å². The van der Waals surface area contributed by atoms with Gasteiger partial charge in [0.25, 0.3) is 5.91 Å². The molecule has 0 spiro atoms. The maximum atomic E-state index is 12.1. The maximum absolute atomic E-state index is 12.1. The van der Waals surface area contributed by atoms with Crippen LogP contribution in [0.1, 0.15) is 35.1 Å². The molecule has 1 heterocycles. The van der Waals surface area contributed by atoms with E-state index in [4.69, 9.17) is 23.2 Å². The lowest BCUT2D eigenvalue weighted by atomic mass is 10.2. The average molecular weight is 328 g/mol. The molecule has 1 aromatic heterocycles. The van der Waals surface area contributed by atoms with E-state index >= 15 is 0 Å². The summed E-state index contributed by atoms with van der Waals surface area (Å²) in [6.45, 7) is 0.154. The van der Waals surface area contributed by atoms with Crippen molar-refractivity contribution in [1.29, 1.82) is 0 Å². The number of phenolic OH excluding ortho intramolecular Hbond substituents is 1. The third kappa shape index (κ3) is 2.93. The molecule has 3 rings (SSSR count). The van der Waals surface area contributed by atoms with E-state index in [-0.39, 0.29) is 27.9 Å². The smallest absolute Gasteiger partial charge is 0.256 e. The van der Waals surface area contributed by atoms with Crippen molar-refractivity contribution in [3.8, 4) is 5.75 Å². The molecule has 0 unspecified atom stereocenters. The Morgan fingerprint density at radius 1 is 1.43 bits per heavy atom. The van der Waals surface area contributed by atoms with E-state index in [0.29, 0.717) is 11.9 Å². The van der Waals surface area contributed by atoms with Gasteiger partial charge in [0, 0.05) is 5.02 Å². The number of nitrogens with zero attached hydrogens (tertiary/aromatic N) is 4. The number of carbonyl (C=O) groups excluding carboxylic acids is 1. The quantitative estimate of drug-likeness (QED) is 0.895. The van der Waals surface area contributed by atoms with Crippen molar-refractivity contribution in [2.24, 2.45) is 0 Å². The summed E-state index contributed by atoms with van der Waals surface area (Å²) in [5.41, 5.74) is -0.0217. The van der Waals surface area contributed by atoms with Crippen molar-refractivity contribution in [2.45, 2.75) is 25.4 Å². The number of amides is 1. The Bertz CT molecular complexity index is 676. The van der Waals surface area contributed by atoms with Gasteiger partial charge < -0.3 is 10.4 Å². The van der Waals surface area contributed by atoms with Crippen molar-refractivity contribution in [1.82, 2.24) is 25.5 Å². The summed E-state index contributed by atoms with van der Waals surface area (Å²) in [5, 5.41) is 24.1. The highest BCUT2D eigenvalue weighted by atomic mass is 35.5. The molecule has 0 saturated heterocycles. The van der Waals surface area contributed by atoms with Crippen LogP contribution in [-0.4, -0.2) is 31.2 Å². The first-order valence-electron chi connectivity index (χ1n) is 6.29. The number of benzene rings is 1. The number of phenols is 1. The molecule has 9 heteroatoms. The van der Waals surface area contributed by atoms with Crippen LogP contribution in [0.3, 0.4) is 0 Å². The summed E-state index contributed by atoms with van der Waals surface area (Å²) in [7, 11) is 0. The van der Waals surface area contributed by atoms with E-state index in [1.807, 2.05) is 0 Å². The van der Waals surface area contributed by atoms with Crippen LogP contribution in [-0.2, 0) is 6.54 Å². The summed E-state index contributed by atoms with van der Waals surface area (Å²) in [6, 6.07) is 2.97. The molecule has 2 aromatic rings. The van der Waals surface area contributed by atoms with Gasteiger partial charge in [-0.05, 0) is 35.4 Å². The Morgan fingerprint density at radius 2 is 2.19 bits per heavy atom. The molecule has 110 valence electrons. The van der Waals surface area contributed by atoms with Crippen LogP contribution in [0.15, 0.2) is 12.1 Å². The number of halogens is 2. The van der Waals surface area contributed by atoms with Crippen molar-refractivity contribution in [2.75, 3.05) is 0 Å². The molecule has 0 radical (unpaired) electrons. The standard InChI is InChI=1S/C12H11Cl2N5O2/c13-6-3-8(14)11(9(20)4-6)12(21)15-5-10-16-17-18-19(10)7-1-2-7/h3-4,7,20H,1-2,5H2,(H,15,21). The van der Waals surface area contributed by atoms with E-state index in [0.717, 1.165) is 12.8 Å². The number of rotatable bonds is 4. The Labute approximate surface area is 129 Å². The Morgan fingerprint density at radius 3 is 2.86 bits per heavy atom. The molecule has 1 aliphatic rings. The summed E-state index contributed by atoms with van der Waals surface area (Å²) in [4.78, 5) is 12.1. The Hall–Kier alpha value is -1.86. The molecule has 1 amide bonds. The topological polar surface area (TPSA) is 92.9 Å². The lowest BCUT2D eigenvalue weighted by molar-refractivity contribution is 0.0947. The first kappa shape index (κ1) is 14.1. The first-order valence-corrected chi connectivity index (χ1v) is 7.05. The van der Waals surface area contributed by atoms with Gasteiger partial charge in [-0.25, -0.2) is 4.68 Å². The second-order valence-electron chi connectivity index (χ2n) is 4.74. The van der Waals surface area contributed by atoms with Gasteiger partial charge in [-0.15, -0.1) is 5.10 Å². The molecule has 2 N–H and O–H groups in total. The van der Waals surface area contributed by atoms with Crippen molar-refractivity contribution in [3.63, 3.8) is 0 Å². The summed E-state index contributed by atoms with van der Waals surface area (Å²) < 4.78 is 1.70. The van der Waals surface area contributed by atoms with Gasteiger partial charge in [0.05, 0.1) is 23.2 Å². The van der Waals surface area contributed by atoms with Gasteiger partial charge in [0.2, 0.25) is 0 Å². The Kier molecular flexibility index (Phi) is 3.69. The third-order valence-electron chi connectivity index (χ3n) is 3.12. The predicted octanol–water partition coefficient (Wildman–Crippen LogP) is 1.95. The van der Waals surface area contributed by atoms with Gasteiger partial charge in [0.15, 0.2) is 5.82 Å². The molecule has 21 heavy (non-hydrogen) atoms. The molecule has 7 nitrogen and oxygen atoms in total. The Balaban J connectivity index is 1.73. The van der Waals surface area contributed by atoms with Crippen LogP contribution in [0.2, 0.25) is 10.0 Å².